The van der Waals surface area contributed by atoms with Crippen molar-refractivity contribution in [1.82, 2.24) is 5.32 Å². The quantitative estimate of drug-likeness (QED) is 0.913. The molecule has 1 atom stereocenters. The van der Waals surface area contributed by atoms with Crippen molar-refractivity contribution in [3.8, 4) is 0 Å². The van der Waals surface area contributed by atoms with Gasteiger partial charge in [-0.3, -0.25) is 4.79 Å². The van der Waals surface area contributed by atoms with E-state index < -0.39 is 0 Å². The van der Waals surface area contributed by atoms with Gasteiger partial charge in [0.1, 0.15) is 6.10 Å². The van der Waals surface area contributed by atoms with Crippen molar-refractivity contribution in [2.24, 2.45) is 0 Å². The van der Waals surface area contributed by atoms with Crippen LogP contribution in [0.25, 0.3) is 0 Å². The van der Waals surface area contributed by atoms with Crippen molar-refractivity contribution in [2.75, 3.05) is 13.7 Å². The lowest BCUT2D eigenvalue weighted by Crippen LogP contribution is -2.28. The van der Waals surface area contributed by atoms with Crippen molar-refractivity contribution in [3.63, 3.8) is 0 Å². The summed E-state index contributed by atoms with van der Waals surface area (Å²) in [6.07, 6.45) is -0.0775. The monoisotopic (exact) mass is 281 g/mol. The second-order valence-corrected chi connectivity index (χ2v) is 5.99. The van der Waals surface area contributed by atoms with Crippen molar-refractivity contribution in [1.29, 1.82) is 0 Å². The summed E-state index contributed by atoms with van der Waals surface area (Å²) in [5.41, 5.74) is 0.706. The molecule has 0 aliphatic rings. The van der Waals surface area contributed by atoms with Gasteiger partial charge in [0.15, 0.2) is 0 Å². The van der Waals surface area contributed by atoms with Crippen LogP contribution >= 0.6 is 22.7 Å². The number of aryl methyl sites for hydroxylation is 1. The fraction of sp³-hybridized carbons (Fsp3) is 0.308. The van der Waals surface area contributed by atoms with Crippen LogP contribution in [0, 0.1) is 6.92 Å². The molecule has 0 aliphatic carbocycles. The Morgan fingerprint density at radius 2 is 2.28 bits per heavy atom. The predicted octanol–water partition coefficient (Wildman–Crippen LogP) is 3.24. The molecule has 0 aliphatic heterocycles. The molecule has 2 rings (SSSR count). The van der Waals surface area contributed by atoms with Crippen molar-refractivity contribution >= 4 is 28.6 Å². The predicted molar refractivity (Wildman–Crippen MR) is 75.5 cm³/mol. The van der Waals surface area contributed by atoms with E-state index in [4.69, 9.17) is 4.74 Å². The minimum absolute atomic E-state index is 0.0495. The molecule has 2 heterocycles. The lowest BCUT2D eigenvalue weighted by Gasteiger charge is -2.14. The van der Waals surface area contributed by atoms with E-state index in [0.29, 0.717) is 12.1 Å². The molecule has 1 N–H and O–H groups in total. The van der Waals surface area contributed by atoms with Gasteiger partial charge in [0.2, 0.25) is 0 Å². The van der Waals surface area contributed by atoms with Gasteiger partial charge >= 0.3 is 0 Å². The van der Waals surface area contributed by atoms with Gasteiger partial charge in [-0.2, -0.15) is 11.3 Å². The zero-order valence-corrected chi connectivity index (χ0v) is 11.9. The molecule has 0 bridgehead atoms. The van der Waals surface area contributed by atoms with E-state index >= 15 is 0 Å². The van der Waals surface area contributed by atoms with E-state index in [1.807, 2.05) is 22.9 Å². The lowest BCUT2D eigenvalue weighted by molar-refractivity contribution is 0.0838. The number of carbonyl (C=O) groups excluding carboxylic acids is 1. The van der Waals surface area contributed by atoms with Gasteiger partial charge in [0.25, 0.3) is 5.91 Å². The van der Waals surface area contributed by atoms with Gasteiger partial charge in [-0.05, 0) is 30.5 Å². The third-order valence-corrected chi connectivity index (χ3v) is 4.37. The summed E-state index contributed by atoms with van der Waals surface area (Å²) in [7, 11) is 1.66. The smallest absolute Gasteiger partial charge is 0.252 e. The molecular weight excluding hydrogens is 266 g/mol. The second kappa shape index (κ2) is 6.13. The highest BCUT2D eigenvalue weighted by Gasteiger charge is 2.14. The number of ether oxygens (including phenoxy) is 1. The number of amides is 1. The average Bonchev–Trinajstić information content (AvgIpc) is 3.01. The molecule has 0 spiro atoms. The van der Waals surface area contributed by atoms with E-state index in [2.05, 4.69) is 18.3 Å². The van der Waals surface area contributed by atoms with Crippen LogP contribution in [0.2, 0.25) is 0 Å². The van der Waals surface area contributed by atoms with Crippen LogP contribution in [0.5, 0.6) is 0 Å². The highest BCUT2D eigenvalue weighted by molar-refractivity contribution is 7.12. The minimum atomic E-state index is -0.0775. The Labute approximate surface area is 114 Å². The number of methoxy groups -OCH3 is 1. The zero-order valence-electron chi connectivity index (χ0n) is 10.3. The molecule has 0 radical (unpaired) electrons. The highest BCUT2D eigenvalue weighted by Crippen LogP contribution is 2.24. The number of carbonyl (C=O) groups is 1. The van der Waals surface area contributed by atoms with Crippen LogP contribution in [-0.2, 0) is 4.74 Å². The van der Waals surface area contributed by atoms with Gasteiger partial charge in [-0.15, -0.1) is 11.3 Å². The van der Waals surface area contributed by atoms with Crippen LogP contribution in [0.3, 0.4) is 0 Å². The molecule has 0 saturated heterocycles. The Bertz CT molecular complexity index is 505. The molecule has 0 unspecified atom stereocenters. The minimum Gasteiger partial charge on any atom is -0.374 e. The largest absolute Gasteiger partial charge is 0.374 e. The molecule has 96 valence electrons. The van der Waals surface area contributed by atoms with Gasteiger partial charge in [0.05, 0.1) is 0 Å². The van der Waals surface area contributed by atoms with E-state index in [0.717, 1.165) is 4.88 Å². The molecule has 0 saturated carbocycles. The zero-order chi connectivity index (χ0) is 13.0. The second-order valence-electron chi connectivity index (χ2n) is 3.89. The highest BCUT2D eigenvalue weighted by atomic mass is 32.1. The fourth-order valence-electron chi connectivity index (χ4n) is 1.61. The van der Waals surface area contributed by atoms with Crippen LogP contribution in [0.1, 0.15) is 26.2 Å². The maximum atomic E-state index is 11.8. The molecule has 0 fully saturated rings. The molecular formula is C13H15NO2S2. The average molecular weight is 281 g/mol. The topological polar surface area (TPSA) is 38.3 Å². The van der Waals surface area contributed by atoms with Crippen LogP contribution in [0.4, 0.5) is 0 Å². The third kappa shape index (κ3) is 3.19. The van der Waals surface area contributed by atoms with Gasteiger partial charge in [-0.1, -0.05) is 0 Å². The Morgan fingerprint density at radius 3 is 2.83 bits per heavy atom. The summed E-state index contributed by atoms with van der Waals surface area (Å²) in [6, 6.07) is 5.93. The fourth-order valence-corrected chi connectivity index (χ4v) is 3.20. The number of nitrogens with one attached hydrogen (secondary N) is 1. The lowest BCUT2D eigenvalue weighted by atomic mass is 10.2. The first-order chi connectivity index (χ1) is 8.70. The van der Waals surface area contributed by atoms with E-state index in [1.54, 1.807) is 18.4 Å². The van der Waals surface area contributed by atoms with E-state index in [1.165, 1.54) is 16.2 Å². The van der Waals surface area contributed by atoms with Gasteiger partial charge in [-0.25, -0.2) is 0 Å². The van der Waals surface area contributed by atoms with Crippen LogP contribution < -0.4 is 5.32 Å². The van der Waals surface area contributed by atoms with Crippen molar-refractivity contribution in [3.05, 3.63) is 44.3 Å². The molecule has 2 aromatic heterocycles. The third-order valence-electron chi connectivity index (χ3n) is 2.59. The summed E-state index contributed by atoms with van der Waals surface area (Å²) in [4.78, 5) is 14.2. The molecule has 0 aromatic carbocycles. The number of thiophene rings is 2. The molecule has 18 heavy (non-hydrogen) atoms. The van der Waals surface area contributed by atoms with Crippen LogP contribution in [0.15, 0.2) is 29.0 Å². The maximum Gasteiger partial charge on any atom is 0.252 e. The summed E-state index contributed by atoms with van der Waals surface area (Å²) < 4.78 is 5.42. The molecule has 3 nitrogen and oxygen atoms in total. The Balaban J connectivity index is 1.94. The Kier molecular flexibility index (Phi) is 4.52. The molecule has 5 heteroatoms. The molecule has 1 amide bonds. The first-order valence-corrected chi connectivity index (χ1v) is 7.36. The Hall–Kier alpha value is -1.17. The number of hydrogen-bond acceptors (Lipinski definition) is 4. The summed E-state index contributed by atoms with van der Waals surface area (Å²) in [6.45, 7) is 2.55. The standard InChI is InChI=1S/C13H15NO2S2/c1-9-3-4-12(18-9)11(16-2)7-14-13(15)10-5-6-17-8-10/h3-6,8,11H,7H2,1-2H3,(H,14,15)/t11-/m0/s1. The van der Waals surface area contributed by atoms with Gasteiger partial charge in [0, 0.05) is 34.4 Å². The van der Waals surface area contributed by atoms with Gasteiger partial charge < -0.3 is 10.1 Å². The van der Waals surface area contributed by atoms with Crippen molar-refractivity contribution in [2.45, 2.75) is 13.0 Å². The first kappa shape index (κ1) is 13.3. The summed E-state index contributed by atoms with van der Waals surface area (Å²) >= 11 is 3.21. The number of hydrogen-bond donors (Lipinski definition) is 1. The van der Waals surface area contributed by atoms with E-state index in [-0.39, 0.29) is 12.0 Å². The number of rotatable bonds is 5. The van der Waals surface area contributed by atoms with E-state index in [9.17, 15) is 4.79 Å². The summed E-state index contributed by atoms with van der Waals surface area (Å²) in [5.74, 6) is -0.0495. The first-order valence-electron chi connectivity index (χ1n) is 5.60. The SMILES string of the molecule is CO[C@@H](CNC(=O)c1ccsc1)c1ccc(C)s1. The summed E-state index contributed by atoms with van der Waals surface area (Å²) in [5, 5.41) is 6.63. The maximum absolute atomic E-state index is 11.8. The van der Waals surface area contributed by atoms with Crippen LogP contribution in [-0.4, -0.2) is 19.6 Å². The normalized spacial score (nSPS) is 12.3. The Morgan fingerprint density at radius 1 is 1.44 bits per heavy atom. The van der Waals surface area contributed by atoms with Crippen molar-refractivity contribution < 1.29 is 9.53 Å². The molecule has 2 aromatic rings.